The van der Waals surface area contributed by atoms with Gasteiger partial charge < -0.3 is 36.7 Å². The molecule has 0 bridgehead atoms. The lowest BCUT2D eigenvalue weighted by Gasteiger charge is -2.30. The zero-order valence-corrected chi connectivity index (χ0v) is 20.8. The number of phenolic OH excluding ortho intramolecular Hbond substituents is 1. The van der Waals surface area contributed by atoms with Crippen molar-refractivity contribution in [3.63, 3.8) is 0 Å². The molecule has 0 fully saturated rings. The molecule has 1 aliphatic rings. The van der Waals surface area contributed by atoms with E-state index >= 15 is 0 Å². The van der Waals surface area contributed by atoms with Crippen molar-refractivity contribution in [1.29, 1.82) is 0 Å². The van der Waals surface area contributed by atoms with E-state index in [1.807, 2.05) is 0 Å². The molecule has 1 aromatic carbocycles. The maximum Gasteiger partial charge on any atom is 0.305 e. The SMILES string of the molecule is NCC(=O)N(C(=O)c1c[nH]c(=O)c(NC2=NCC(O)CN2)c1)C(CC(=O)O)c1cc(Cl)cc(Br)c1O. The number of amides is 2. The number of aliphatic hydroxyl groups excluding tert-OH is 1. The van der Waals surface area contributed by atoms with Gasteiger partial charge in [0, 0.05) is 23.3 Å². The van der Waals surface area contributed by atoms with Gasteiger partial charge in [0.1, 0.15) is 11.4 Å². The summed E-state index contributed by atoms with van der Waals surface area (Å²) >= 11 is 9.18. The van der Waals surface area contributed by atoms with Crippen LogP contribution in [-0.4, -0.2) is 74.7 Å². The largest absolute Gasteiger partial charge is 0.506 e. The molecule has 13 nitrogen and oxygen atoms in total. The second kappa shape index (κ2) is 11.5. The van der Waals surface area contributed by atoms with E-state index in [0.717, 1.165) is 12.3 Å². The third-order valence-corrected chi connectivity index (χ3v) is 5.95. The minimum absolute atomic E-state index is 0.0974. The fraction of sp³-hybridized carbons (Fsp3) is 0.286. The van der Waals surface area contributed by atoms with Gasteiger partial charge in [-0.05, 0) is 34.1 Å². The predicted molar refractivity (Wildman–Crippen MR) is 133 cm³/mol. The molecule has 0 spiro atoms. The van der Waals surface area contributed by atoms with Crippen LogP contribution in [0.1, 0.15) is 28.4 Å². The van der Waals surface area contributed by atoms with Gasteiger partial charge in [0.05, 0.1) is 41.7 Å². The number of aromatic hydroxyl groups is 1. The lowest BCUT2D eigenvalue weighted by molar-refractivity contribution is -0.139. The van der Waals surface area contributed by atoms with Crippen molar-refractivity contribution in [1.82, 2.24) is 15.2 Å². The topological polar surface area (TPSA) is 210 Å². The Morgan fingerprint density at radius 3 is 2.67 bits per heavy atom. The van der Waals surface area contributed by atoms with Crippen LogP contribution in [0.2, 0.25) is 5.02 Å². The Morgan fingerprint density at radius 1 is 1.33 bits per heavy atom. The van der Waals surface area contributed by atoms with E-state index in [4.69, 9.17) is 17.3 Å². The summed E-state index contributed by atoms with van der Waals surface area (Å²) in [6.07, 6.45) is -0.403. The number of nitrogens with zero attached hydrogens (tertiary/aromatic N) is 2. The number of carboxylic acid groups (broad SMARTS) is 1. The number of rotatable bonds is 7. The summed E-state index contributed by atoms with van der Waals surface area (Å²) in [4.78, 5) is 57.4. The molecule has 0 saturated heterocycles. The summed E-state index contributed by atoms with van der Waals surface area (Å²) in [6, 6.07) is 2.25. The molecule has 1 aliphatic heterocycles. The summed E-state index contributed by atoms with van der Waals surface area (Å²) in [5.74, 6) is -3.52. The van der Waals surface area contributed by atoms with Gasteiger partial charge in [0.25, 0.3) is 11.5 Å². The number of nitrogens with one attached hydrogen (secondary N) is 3. The molecule has 1 aromatic heterocycles. The Labute approximate surface area is 217 Å². The number of nitrogens with two attached hydrogens (primary N) is 1. The Morgan fingerprint density at radius 2 is 2.06 bits per heavy atom. The number of aliphatic imine (C=N–C) groups is 1. The molecular formula is C21H22BrClN6O7. The molecule has 2 unspecified atom stereocenters. The second-order valence-corrected chi connectivity index (χ2v) is 8.98. The number of carbonyl (C=O) groups is 3. The summed E-state index contributed by atoms with van der Waals surface area (Å²) in [5, 5.41) is 35.2. The quantitative estimate of drug-likeness (QED) is 0.237. The van der Waals surface area contributed by atoms with Crippen molar-refractivity contribution in [2.75, 3.05) is 25.0 Å². The number of halogens is 2. The van der Waals surface area contributed by atoms with Crippen LogP contribution in [0.5, 0.6) is 5.75 Å². The molecule has 0 saturated carbocycles. The summed E-state index contributed by atoms with van der Waals surface area (Å²) in [5.41, 5.74) is 4.51. The maximum atomic E-state index is 13.5. The maximum absolute atomic E-state index is 13.5. The summed E-state index contributed by atoms with van der Waals surface area (Å²) in [7, 11) is 0. The first-order chi connectivity index (χ1) is 17.0. The number of hydrogen-bond acceptors (Lipinski definition) is 10. The Bertz CT molecular complexity index is 1280. The smallest absolute Gasteiger partial charge is 0.305 e. The number of anilines is 1. The average molecular weight is 586 g/mol. The number of guanidine groups is 1. The molecule has 3 rings (SSSR count). The molecule has 2 atom stereocenters. The van der Waals surface area contributed by atoms with Crippen LogP contribution in [-0.2, 0) is 9.59 Å². The number of aromatic amines is 1. The van der Waals surface area contributed by atoms with Crippen LogP contribution in [0.25, 0.3) is 0 Å². The molecule has 0 radical (unpaired) electrons. The number of aromatic nitrogens is 1. The van der Waals surface area contributed by atoms with Crippen molar-refractivity contribution in [3.05, 3.63) is 55.4 Å². The minimum Gasteiger partial charge on any atom is -0.506 e. The van der Waals surface area contributed by atoms with E-state index in [1.54, 1.807) is 0 Å². The van der Waals surface area contributed by atoms with E-state index in [-0.39, 0.29) is 45.4 Å². The van der Waals surface area contributed by atoms with Crippen LogP contribution >= 0.6 is 27.5 Å². The summed E-state index contributed by atoms with van der Waals surface area (Å²) < 4.78 is 0.120. The first-order valence-electron chi connectivity index (χ1n) is 10.4. The fourth-order valence-corrected chi connectivity index (χ4v) is 4.29. The van der Waals surface area contributed by atoms with Crippen LogP contribution in [0, 0.1) is 0 Å². The van der Waals surface area contributed by atoms with Gasteiger partial charge in [-0.15, -0.1) is 0 Å². The normalized spacial score (nSPS) is 15.9. The standard InChI is InChI=1S/C21H22BrClN6O7/c22-13-3-10(23)2-12(18(13)34)15(4-17(32)33)29(16(31)5-24)20(36)9-1-14(19(35)25-6-9)28-21-26-7-11(30)8-27-21/h1-3,6,11,15,30,34H,4-5,7-8,24H2,(H,25,35)(H,32,33)(H2,26,27,28). The van der Waals surface area contributed by atoms with E-state index in [9.17, 15) is 34.5 Å². The Kier molecular flexibility index (Phi) is 8.68. The number of carboxylic acids is 1. The number of phenols is 1. The van der Waals surface area contributed by atoms with Gasteiger partial charge in [0.15, 0.2) is 5.96 Å². The van der Waals surface area contributed by atoms with E-state index < -0.39 is 54.2 Å². The second-order valence-electron chi connectivity index (χ2n) is 7.69. The third-order valence-electron chi connectivity index (χ3n) is 5.13. The van der Waals surface area contributed by atoms with E-state index in [1.165, 1.54) is 12.1 Å². The van der Waals surface area contributed by atoms with E-state index in [0.29, 0.717) is 4.90 Å². The number of aliphatic carboxylic acids is 1. The number of benzene rings is 1. The van der Waals surface area contributed by atoms with Crippen LogP contribution in [0.4, 0.5) is 5.69 Å². The first-order valence-corrected chi connectivity index (χ1v) is 11.6. The highest BCUT2D eigenvalue weighted by Gasteiger charge is 2.35. The molecule has 36 heavy (non-hydrogen) atoms. The predicted octanol–water partition coefficient (Wildman–Crippen LogP) is 0.372. The van der Waals surface area contributed by atoms with Crippen LogP contribution in [0.3, 0.4) is 0 Å². The molecule has 192 valence electrons. The number of β-amino-alcohol motifs (C(OH)–C–C–N with tert-alkyl or cyclic N) is 1. The molecule has 0 aliphatic carbocycles. The minimum atomic E-state index is -1.49. The lowest BCUT2D eigenvalue weighted by Crippen LogP contribution is -2.44. The van der Waals surface area contributed by atoms with Crippen molar-refractivity contribution in [3.8, 4) is 5.75 Å². The summed E-state index contributed by atoms with van der Waals surface area (Å²) in [6.45, 7) is -0.362. The number of aliphatic hydroxyl groups is 1. The Balaban J connectivity index is 2.06. The first kappa shape index (κ1) is 27.1. The van der Waals surface area contributed by atoms with Crippen molar-refractivity contribution in [2.45, 2.75) is 18.6 Å². The molecule has 2 amide bonds. The molecular weight excluding hydrogens is 564 g/mol. The van der Waals surface area contributed by atoms with Gasteiger partial charge in [-0.3, -0.25) is 29.1 Å². The zero-order valence-electron chi connectivity index (χ0n) is 18.5. The number of H-pyrrole nitrogens is 1. The Hall–Kier alpha value is -3.46. The van der Waals surface area contributed by atoms with Gasteiger partial charge >= 0.3 is 5.97 Å². The van der Waals surface area contributed by atoms with Gasteiger partial charge in [-0.25, -0.2) is 0 Å². The van der Waals surface area contributed by atoms with E-state index in [2.05, 4.69) is 36.5 Å². The monoisotopic (exact) mass is 584 g/mol. The zero-order chi connectivity index (χ0) is 26.6. The van der Waals surface area contributed by atoms with Crippen molar-refractivity contribution >= 4 is 57.0 Å². The number of imide groups is 1. The average Bonchev–Trinajstić information content (AvgIpc) is 2.83. The van der Waals surface area contributed by atoms with Gasteiger partial charge in [0.2, 0.25) is 5.91 Å². The van der Waals surface area contributed by atoms with Crippen molar-refractivity contribution < 1.29 is 29.7 Å². The molecule has 2 aromatic rings. The van der Waals surface area contributed by atoms with Gasteiger partial charge in [-0.1, -0.05) is 11.6 Å². The van der Waals surface area contributed by atoms with Crippen LogP contribution < -0.4 is 21.9 Å². The van der Waals surface area contributed by atoms with Crippen LogP contribution in [0.15, 0.2) is 38.7 Å². The third kappa shape index (κ3) is 6.20. The van der Waals surface area contributed by atoms with Crippen molar-refractivity contribution in [2.24, 2.45) is 10.7 Å². The highest BCUT2D eigenvalue weighted by Crippen LogP contribution is 2.39. The molecule has 2 heterocycles. The van der Waals surface area contributed by atoms with Gasteiger partial charge in [-0.2, -0.15) is 0 Å². The molecule has 15 heteroatoms. The number of carbonyl (C=O) groups excluding carboxylic acids is 2. The fourth-order valence-electron chi connectivity index (χ4n) is 3.45. The highest BCUT2D eigenvalue weighted by atomic mass is 79.9. The lowest BCUT2D eigenvalue weighted by atomic mass is 9.99. The highest BCUT2D eigenvalue weighted by molar-refractivity contribution is 9.10. The molecule has 8 N–H and O–H groups in total. The number of pyridine rings is 1. The number of hydrogen-bond donors (Lipinski definition) is 7.